The molecule has 1 heterocycles. The second-order valence-electron chi connectivity index (χ2n) is 5.10. The molecule has 3 nitrogen and oxygen atoms in total. The molecule has 18 heavy (non-hydrogen) atoms. The van der Waals surface area contributed by atoms with E-state index in [2.05, 4.69) is 40.1 Å². The second-order valence-corrected chi connectivity index (χ2v) is 5.10. The van der Waals surface area contributed by atoms with Crippen molar-refractivity contribution in [2.24, 2.45) is 5.73 Å². The first kappa shape index (κ1) is 13.5. The zero-order chi connectivity index (χ0) is 12.6. The van der Waals surface area contributed by atoms with Gasteiger partial charge >= 0.3 is 0 Å². The molecule has 0 saturated carbocycles. The Morgan fingerprint density at radius 2 is 1.50 bits per heavy atom. The Kier molecular flexibility index (Phi) is 5.65. The molecule has 1 fully saturated rings. The predicted molar refractivity (Wildman–Crippen MR) is 76.4 cm³/mol. The zero-order valence-electron chi connectivity index (χ0n) is 11.2. The molecule has 1 aromatic rings. The minimum atomic E-state index is 0.785. The average molecular weight is 247 g/mol. The average Bonchev–Trinajstić information content (AvgIpc) is 2.36. The van der Waals surface area contributed by atoms with E-state index in [1.807, 2.05) is 0 Å². The van der Waals surface area contributed by atoms with E-state index in [0.29, 0.717) is 0 Å². The van der Waals surface area contributed by atoms with E-state index in [0.717, 1.165) is 19.6 Å². The van der Waals surface area contributed by atoms with Gasteiger partial charge in [0.2, 0.25) is 0 Å². The van der Waals surface area contributed by atoms with Crippen LogP contribution in [-0.4, -0.2) is 49.1 Å². The Bertz CT molecular complexity index is 316. The van der Waals surface area contributed by atoms with E-state index in [4.69, 9.17) is 5.73 Å². The first-order valence-corrected chi connectivity index (χ1v) is 7.07. The highest BCUT2D eigenvalue weighted by Crippen LogP contribution is 2.09. The standard InChI is InChI=1S/C15H25N3/c16-8-13-17-9-4-11-18(12-5-10-17)14-15-6-2-1-3-7-15/h1-3,6-7H,4-5,8-14,16H2. The lowest BCUT2D eigenvalue weighted by Crippen LogP contribution is -2.38. The number of hydrogen-bond donors (Lipinski definition) is 1. The highest BCUT2D eigenvalue weighted by molar-refractivity contribution is 5.14. The quantitative estimate of drug-likeness (QED) is 0.876. The van der Waals surface area contributed by atoms with Crippen LogP contribution >= 0.6 is 0 Å². The van der Waals surface area contributed by atoms with Crippen LogP contribution in [0.5, 0.6) is 0 Å². The van der Waals surface area contributed by atoms with Crippen LogP contribution in [0.15, 0.2) is 30.3 Å². The number of nitrogens with zero attached hydrogens (tertiary/aromatic N) is 2. The molecule has 2 N–H and O–H groups in total. The first-order valence-electron chi connectivity index (χ1n) is 7.07. The van der Waals surface area contributed by atoms with E-state index < -0.39 is 0 Å². The van der Waals surface area contributed by atoms with Crippen LogP contribution in [0.1, 0.15) is 18.4 Å². The van der Waals surface area contributed by atoms with Crippen LogP contribution in [0, 0.1) is 0 Å². The largest absolute Gasteiger partial charge is 0.329 e. The summed E-state index contributed by atoms with van der Waals surface area (Å²) in [5, 5.41) is 0. The Morgan fingerprint density at radius 1 is 0.889 bits per heavy atom. The molecule has 0 bridgehead atoms. The summed E-state index contributed by atoms with van der Waals surface area (Å²) in [5.74, 6) is 0. The summed E-state index contributed by atoms with van der Waals surface area (Å²) in [6, 6.07) is 10.8. The van der Waals surface area contributed by atoms with E-state index >= 15 is 0 Å². The molecule has 0 aromatic heterocycles. The number of nitrogens with two attached hydrogens (primary N) is 1. The molecular weight excluding hydrogens is 222 g/mol. The van der Waals surface area contributed by atoms with Crippen molar-refractivity contribution in [1.82, 2.24) is 9.80 Å². The molecule has 2 rings (SSSR count). The summed E-state index contributed by atoms with van der Waals surface area (Å²) in [5.41, 5.74) is 7.05. The maximum atomic E-state index is 5.63. The van der Waals surface area contributed by atoms with Gasteiger partial charge in [0.1, 0.15) is 0 Å². The van der Waals surface area contributed by atoms with Gasteiger partial charge in [0, 0.05) is 19.6 Å². The van der Waals surface area contributed by atoms with Crippen molar-refractivity contribution in [3.8, 4) is 0 Å². The summed E-state index contributed by atoms with van der Waals surface area (Å²) < 4.78 is 0. The Balaban J connectivity index is 1.79. The Hall–Kier alpha value is -0.900. The molecular formula is C15H25N3. The molecule has 0 amide bonds. The van der Waals surface area contributed by atoms with Crippen LogP contribution in [0.3, 0.4) is 0 Å². The van der Waals surface area contributed by atoms with Gasteiger partial charge in [0.05, 0.1) is 0 Å². The van der Waals surface area contributed by atoms with Gasteiger partial charge < -0.3 is 10.6 Å². The van der Waals surface area contributed by atoms with Crippen LogP contribution in [0.25, 0.3) is 0 Å². The van der Waals surface area contributed by atoms with Crippen molar-refractivity contribution < 1.29 is 0 Å². The zero-order valence-corrected chi connectivity index (χ0v) is 11.2. The number of rotatable bonds is 4. The highest BCUT2D eigenvalue weighted by Gasteiger charge is 2.12. The third-order valence-corrected chi connectivity index (χ3v) is 3.59. The molecule has 0 spiro atoms. The van der Waals surface area contributed by atoms with Crippen molar-refractivity contribution in [2.75, 3.05) is 39.3 Å². The Morgan fingerprint density at radius 3 is 2.11 bits per heavy atom. The van der Waals surface area contributed by atoms with Gasteiger partial charge in [-0.2, -0.15) is 0 Å². The molecule has 3 heteroatoms. The molecule has 0 radical (unpaired) electrons. The minimum Gasteiger partial charge on any atom is -0.329 e. The first-order chi connectivity index (χ1) is 8.88. The third kappa shape index (κ3) is 4.41. The maximum Gasteiger partial charge on any atom is 0.0233 e. The lowest BCUT2D eigenvalue weighted by molar-refractivity contribution is 0.179. The van der Waals surface area contributed by atoms with Crippen LogP contribution in [0.4, 0.5) is 0 Å². The van der Waals surface area contributed by atoms with Gasteiger partial charge in [-0.3, -0.25) is 4.90 Å². The van der Waals surface area contributed by atoms with Crippen molar-refractivity contribution in [3.05, 3.63) is 35.9 Å². The molecule has 0 atom stereocenters. The van der Waals surface area contributed by atoms with E-state index in [1.54, 1.807) is 0 Å². The van der Waals surface area contributed by atoms with E-state index in [-0.39, 0.29) is 0 Å². The van der Waals surface area contributed by atoms with Gasteiger partial charge in [-0.05, 0) is 44.6 Å². The predicted octanol–water partition coefficient (Wildman–Crippen LogP) is 1.54. The normalized spacial score (nSPS) is 19.4. The lowest BCUT2D eigenvalue weighted by atomic mass is 10.2. The fourth-order valence-electron chi connectivity index (χ4n) is 2.67. The summed E-state index contributed by atoms with van der Waals surface area (Å²) in [4.78, 5) is 5.08. The molecule has 0 aliphatic carbocycles. The van der Waals surface area contributed by atoms with Gasteiger partial charge in [0.15, 0.2) is 0 Å². The SMILES string of the molecule is NCCN1CCCN(Cc2ccccc2)CCC1. The molecule has 1 aliphatic heterocycles. The van der Waals surface area contributed by atoms with Gasteiger partial charge in [-0.1, -0.05) is 30.3 Å². The second kappa shape index (κ2) is 7.52. The highest BCUT2D eigenvalue weighted by atomic mass is 15.2. The van der Waals surface area contributed by atoms with Gasteiger partial charge in [-0.25, -0.2) is 0 Å². The van der Waals surface area contributed by atoms with Crippen LogP contribution < -0.4 is 5.73 Å². The van der Waals surface area contributed by atoms with Crippen molar-refractivity contribution in [2.45, 2.75) is 19.4 Å². The fourth-order valence-corrected chi connectivity index (χ4v) is 2.67. The van der Waals surface area contributed by atoms with Crippen LogP contribution in [-0.2, 0) is 6.54 Å². The summed E-state index contributed by atoms with van der Waals surface area (Å²) >= 11 is 0. The topological polar surface area (TPSA) is 32.5 Å². The van der Waals surface area contributed by atoms with E-state index in [1.165, 1.54) is 44.6 Å². The minimum absolute atomic E-state index is 0.785. The van der Waals surface area contributed by atoms with Gasteiger partial charge in [-0.15, -0.1) is 0 Å². The summed E-state index contributed by atoms with van der Waals surface area (Å²) in [6.45, 7) is 7.74. The smallest absolute Gasteiger partial charge is 0.0233 e. The fraction of sp³-hybridized carbons (Fsp3) is 0.600. The maximum absolute atomic E-state index is 5.63. The van der Waals surface area contributed by atoms with Gasteiger partial charge in [0.25, 0.3) is 0 Å². The monoisotopic (exact) mass is 247 g/mol. The summed E-state index contributed by atoms with van der Waals surface area (Å²) in [6.07, 6.45) is 2.51. The molecule has 1 aliphatic rings. The third-order valence-electron chi connectivity index (χ3n) is 3.59. The van der Waals surface area contributed by atoms with Crippen molar-refractivity contribution in [1.29, 1.82) is 0 Å². The molecule has 0 unspecified atom stereocenters. The number of benzene rings is 1. The molecule has 1 saturated heterocycles. The Labute approximate surface area is 111 Å². The molecule has 100 valence electrons. The number of hydrogen-bond acceptors (Lipinski definition) is 3. The van der Waals surface area contributed by atoms with E-state index in [9.17, 15) is 0 Å². The summed E-state index contributed by atoms with van der Waals surface area (Å²) in [7, 11) is 0. The van der Waals surface area contributed by atoms with Crippen LogP contribution in [0.2, 0.25) is 0 Å². The van der Waals surface area contributed by atoms with Crippen molar-refractivity contribution in [3.63, 3.8) is 0 Å². The van der Waals surface area contributed by atoms with Crippen molar-refractivity contribution >= 4 is 0 Å². The lowest BCUT2D eigenvalue weighted by Gasteiger charge is -2.30. The molecule has 1 aromatic carbocycles.